The van der Waals surface area contributed by atoms with Gasteiger partial charge in [0.25, 0.3) is 0 Å². The van der Waals surface area contributed by atoms with E-state index >= 15 is 0 Å². The van der Waals surface area contributed by atoms with Gasteiger partial charge in [0, 0.05) is 16.9 Å². The van der Waals surface area contributed by atoms with Crippen LogP contribution in [0, 0.1) is 5.92 Å². The van der Waals surface area contributed by atoms with Gasteiger partial charge < -0.3 is 0 Å². The molecule has 1 aliphatic rings. The van der Waals surface area contributed by atoms with Crippen molar-refractivity contribution in [3.63, 3.8) is 0 Å². The van der Waals surface area contributed by atoms with E-state index in [0.717, 1.165) is 11.4 Å². The van der Waals surface area contributed by atoms with Crippen molar-refractivity contribution in [1.82, 2.24) is 0 Å². The molecule has 2 rings (SSSR count). The molecule has 0 spiro atoms. The molecule has 0 N–H and O–H groups in total. The molecule has 0 heterocycles. The molecule has 0 saturated carbocycles. The lowest BCUT2D eigenvalue weighted by molar-refractivity contribution is -0.115. The minimum atomic E-state index is -0.0351. The summed E-state index contributed by atoms with van der Waals surface area (Å²) in [5, 5.41) is 0.754. The van der Waals surface area contributed by atoms with Crippen LogP contribution in [0.5, 0.6) is 0 Å². The molecule has 0 radical (unpaired) electrons. The van der Waals surface area contributed by atoms with Gasteiger partial charge in [0.05, 0.1) is 0 Å². The fraction of sp³-hybridized carbons (Fsp3) is 0.438. The van der Waals surface area contributed by atoms with E-state index in [2.05, 4.69) is 32.9 Å². The summed E-state index contributed by atoms with van der Waals surface area (Å²) in [5.41, 5.74) is 2.45. The van der Waals surface area contributed by atoms with E-state index in [1.54, 1.807) is 0 Å². The Balaban J connectivity index is 2.48. The van der Waals surface area contributed by atoms with Crippen LogP contribution in [-0.2, 0) is 10.2 Å². The van der Waals surface area contributed by atoms with E-state index in [9.17, 15) is 4.79 Å². The number of benzene rings is 1. The smallest absolute Gasteiger partial charge is 0.155 e. The molecule has 0 aromatic heterocycles. The highest BCUT2D eigenvalue weighted by atomic mass is 35.5. The summed E-state index contributed by atoms with van der Waals surface area (Å²) >= 11 is 5.95. The maximum atomic E-state index is 11.7. The maximum absolute atomic E-state index is 11.7. The molecule has 18 heavy (non-hydrogen) atoms. The minimum absolute atomic E-state index is 0.0351. The first kappa shape index (κ1) is 13.4. The van der Waals surface area contributed by atoms with E-state index in [1.165, 1.54) is 11.1 Å². The second-order valence-electron chi connectivity index (χ2n) is 5.56. The van der Waals surface area contributed by atoms with Gasteiger partial charge in [0.1, 0.15) is 0 Å². The highest BCUT2D eigenvalue weighted by Crippen LogP contribution is 2.42. The Bertz CT molecular complexity index is 484. The molecule has 1 nitrogen and oxygen atoms in total. The van der Waals surface area contributed by atoms with Crippen LogP contribution in [0.2, 0.25) is 5.02 Å². The van der Waals surface area contributed by atoms with Crippen molar-refractivity contribution >= 4 is 17.4 Å². The molecule has 2 heteroatoms. The Morgan fingerprint density at radius 1 is 1.22 bits per heavy atom. The molecule has 0 unspecified atom stereocenters. The standard InChI is InChI=1S/C16H19ClO/c1-11(2)15-10-14(18)8-9-16(15,3)12-4-6-13(17)7-5-12/h4-7,10-11H,8-9H2,1-3H3/t16-/m1/s1. The zero-order valence-corrected chi connectivity index (χ0v) is 11.9. The lowest BCUT2D eigenvalue weighted by Gasteiger charge is -2.38. The number of hydrogen-bond donors (Lipinski definition) is 0. The summed E-state index contributed by atoms with van der Waals surface area (Å²) in [7, 11) is 0. The third kappa shape index (κ3) is 2.37. The molecule has 0 aliphatic heterocycles. The van der Waals surface area contributed by atoms with Gasteiger partial charge in [-0.3, -0.25) is 4.79 Å². The summed E-state index contributed by atoms with van der Waals surface area (Å²) in [5.74, 6) is 0.639. The molecule has 96 valence electrons. The largest absolute Gasteiger partial charge is 0.295 e. The SMILES string of the molecule is CC(C)C1=CC(=O)CC[C@]1(C)c1ccc(Cl)cc1. The van der Waals surface area contributed by atoms with Crippen LogP contribution in [-0.4, -0.2) is 5.78 Å². The van der Waals surface area contributed by atoms with Crippen LogP contribution in [0.4, 0.5) is 0 Å². The van der Waals surface area contributed by atoms with E-state index in [0.29, 0.717) is 12.3 Å². The van der Waals surface area contributed by atoms with Crippen molar-refractivity contribution in [2.75, 3.05) is 0 Å². The van der Waals surface area contributed by atoms with Gasteiger partial charge in [0.15, 0.2) is 5.78 Å². The second-order valence-corrected chi connectivity index (χ2v) is 6.00. The first-order valence-electron chi connectivity index (χ1n) is 6.44. The quantitative estimate of drug-likeness (QED) is 0.765. The lowest BCUT2D eigenvalue weighted by Crippen LogP contribution is -2.32. The molecular formula is C16H19ClO. The fourth-order valence-electron chi connectivity index (χ4n) is 2.85. The van der Waals surface area contributed by atoms with Crippen LogP contribution >= 0.6 is 11.6 Å². The number of allylic oxidation sites excluding steroid dienone is 2. The third-order valence-corrected chi connectivity index (χ3v) is 4.18. The van der Waals surface area contributed by atoms with Crippen LogP contribution in [0.25, 0.3) is 0 Å². The molecule has 1 aliphatic carbocycles. The summed E-state index contributed by atoms with van der Waals surface area (Å²) in [6.07, 6.45) is 3.37. The predicted molar refractivity (Wildman–Crippen MR) is 76.0 cm³/mol. The van der Waals surface area contributed by atoms with Crippen LogP contribution < -0.4 is 0 Å². The second kappa shape index (κ2) is 4.89. The van der Waals surface area contributed by atoms with Gasteiger partial charge >= 0.3 is 0 Å². The summed E-state index contributed by atoms with van der Waals surface area (Å²) in [4.78, 5) is 11.7. The average Bonchev–Trinajstić information content (AvgIpc) is 2.33. The van der Waals surface area contributed by atoms with Gasteiger partial charge in [-0.2, -0.15) is 0 Å². The zero-order valence-electron chi connectivity index (χ0n) is 11.2. The first-order valence-corrected chi connectivity index (χ1v) is 6.82. The molecule has 0 bridgehead atoms. The predicted octanol–water partition coefficient (Wildman–Crippen LogP) is 4.54. The lowest BCUT2D eigenvalue weighted by atomic mass is 9.66. The fourth-order valence-corrected chi connectivity index (χ4v) is 2.98. The van der Waals surface area contributed by atoms with Gasteiger partial charge in [-0.1, -0.05) is 50.1 Å². The van der Waals surface area contributed by atoms with E-state index in [1.807, 2.05) is 18.2 Å². The van der Waals surface area contributed by atoms with E-state index < -0.39 is 0 Å². The Kier molecular flexibility index (Phi) is 3.63. The zero-order chi connectivity index (χ0) is 13.3. The van der Waals surface area contributed by atoms with Gasteiger partial charge in [-0.05, 0) is 36.1 Å². The van der Waals surface area contributed by atoms with Crippen molar-refractivity contribution in [3.8, 4) is 0 Å². The number of rotatable bonds is 2. The van der Waals surface area contributed by atoms with Crippen LogP contribution in [0.1, 0.15) is 39.2 Å². The molecule has 1 aromatic carbocycles. The highest BCUT2D eigenvalue weighted by Gasteiger charge is 2.36. The highest BCUT2D eigenvalue weighted by molar-refractivity contribution is 6.30. The van der Waals surface area contributed by atoms with Crippen molar-refractivity contribution in [2.45, 2.75) is 39.0 Å². The Morgan fingerprint density at radius 3 is 2.39 bits per heavy atom. The summed E-state index contributed by atoms with van der Waals surface area (Å²) < 4.78 is 0. The topological polar surface area (TPSA) is 17.1 Å². The van der Waals surface area contributed by atoms with Crippen molar-refractivity contribution in [2.24, 2.45) is 5.92 Å². The summed E-state index contributed by atoms with van der Waals surface area (Å²) in [6, 6.07) is 8.01. The van der Waals surface area contributed by atoms with E-state index in [4.69, 9.17) is 11.6 Å². The number of halogens is 1. The third-order valence-electron chi connectivity index (χ3n) is 3.93. The van der Waals surface area contributed by atoms with Crippen molar-refractivity contribution in [1.29, 1.82) is 0 Å². The van der Waals surface area contributed by atoms with Gasteiger partial charge in [-0.25, -0.2) is 0 Å². The molecular weight excluding hydrogens is 244 g/mol. The van der Waals surface area contributed by atoms with Crippen molar-refractivity contribution < 1.29 is 4.79 Å². The monoisotopic (exact) mass is 262 g/mol. The molecule has 0 fully saturated rings. The van der Waals surface area contributed by atoms with Crippen molar-refractivity contribution in [3.05, 3.63) is 46.5 Å². The van der Waals surface area contributed by atoms with E-state index in [-0.39, 0.29) is 11.2 Å². The molecule has 1 aromatic rings. The molecule has 0 saturated heterocycles. The number of carbonyl (C=O) groups is 1. The molecule has 1 atom stereocenters. The normalized spacial score (nSPS) is 24.3. The van der Waals surface area contributed by atoms with Gasteiger partial charge in [-0.15, -0.1) is 0 Å². The Morgan fingerprint density at radius 2 is 1.83 bits per heavy atom. The minimum Gasteiger partial charge on any atom is -0.295 e. The number of hydrogen-bond acceptors (Lipinski definition) is 1. The van der Waals surface area contributed by atoms with Crippen LogP contribution in [0.3, 0.4) is 0 Å². The first-order chi connectivity index (χ1) is 8.43. The maximum Gasteiger partial charge on any atom is 0.155 e. The Hall–Kier alpha value is -1.08. The number of carbonyl (C=O) groups excluding carboxylic acids is 1. The molecule has 0 amide bonds. The van der Waals surface area contributed by atoms with Gasteiger partial charge in [0.2, 0.25) is 0 Å². The van der Waals surface area contributed by atoms with Crippen LogP contribution in [0.15, 0.2) is 35.9 Å². The average molecular weight is 263 g/mol. The number of ketones is 1. The Labute approximate surface area is 114 Å². The summed E-state index contributed by atoms with van der Waals surface area (Å²) in [6.45, 7) is 6.53.